The van der Waals surface area contributed by atoms with E-state index in [1.165, 1.54) is 6.92 Å². The molecule has 1 radical (unpaired) electrons. The molecule has 0 N–H and O–H groups in total. The third kappa shape index (κ3) is 5.52. The minimum absolute atomic E-state index is 0.259. The van der Waals surface area contributed by atoms with Gasteiger partial charge in [-0.25, -0.2) is 9.59 Å². The van der Waals surface area contributed by atoms with Crippen molar-refractivity contribution in [3.63, 3.8) is 0 Å². The molecule has 0 bridgehead atoms. The second kappa shape index (κ2) is 5.40. The number of carbonyl (C=O) groups is 1. The lowest BCUT2D eigenvalue weighted by atomic mass is 10.5. The van der Waals surface area contributed by atoms with E-state index in [-0.39, 0.29) is 6.10 Å². The van der Waals surface area contributed by atoms with Crippen LogP contribution >= 0.6 is 0 Å². The molecule has 0 fully saturated rings. The zero-order chi connectivity index (χ0) is 9.56. The Hall–Kier alpha value is -1.26. The Balaban J connectivity index is 3.61. The molecule has 0 aromatic rings. The van der Waals surface area contributed by atoms with Gasteiger partial charge in [-0.3, -0.25) is 0 Å². The Labute approximate surface area is 70.6 Å². The predicted octanol–water partition coefficient (Wildman–Crippen LogP) is 0.978. The Morgan fingerprint density at radius 1 is 1.25 bits per heavy atom. The summed E-state index contributed by atoms with van der Waals surface area (Å²) in [4.78, 5) is 20.3. The summed E-state index contributed by atoms with van der Waals surface area (Å²) in [5, 5.41) is 0. The Kier molecular flexibility index (Phi) is 4.83. The number of hydrogen-bond donors (Lipinski definition) is 0. The highest BCUT2D eigenvalue weighted by Gasteiger charge is 2.12. The lowest BCUT2D eigenvalue weighted by Gasteiger charge is -2.11. The second-order valence-corrected chi connectivity index (χ2v) is 2.30. The molecule has 69 valence electrons. The fourth-order valence-corrected chi connectivity index (χ4v) is 0.448. The molecule has 0 aromatic carbocycles. The van der Waals surface area contributed by atoms with Gasteiger partial charge in [-0.15, -0.1) is 0 Å². The van der Waals surface area contributed by atoms with Gasteiger partial charge in [0.25, 0.3) is 0 Å². The Bertz CT molecular complexity index is 154. The first-order chi connectivity index (χ1) is 5.56. The van der Waals surface area contributed by atoms with Crippen LogP contribution in [0.25, 0.3) is 0 Å². The lowest BCUT2D eigenvalue weighted by molar-refractivity contribution is -0.0674. The predicted molar refractivity (Wildman–Crippen MR) is 38.9 cm³/mol. The van der Waals surface area contributed by atoms with E-state index in [0.717, 1.165) is 6.47 Å². The summed E-state index contributed by atoms with van der Waals surface area (Å²) in [7, 11) is 0. The molecule has 0 saturated carbocycles. The van der Waals surface area contributed by atoms with E-state index in [4.69, 9.17) is 0 Å². The Morgan fingerprint density at radius 2 is 1.83 bits per heavy atom. The van der Waals surface area contributed by atoms with Gasteiger partial charge in [0.1, 0.15) is 0 Å². The third-order valence-electron chi connectivity index (χ3n) is 0.808. The van der Waals surface area contributed by atoms with Crippen molar-refractivity contribution < 1.29 is 23.8 Å². The molecule has 5 heteroatoms. The van der Waals surface area contributed by atoms with Crippen LogP contribution in [-0.4, -0.2) is 25.0 Å². The van der Waals surface area contributed by atoms with E-state index >= 15 is 0 Å². The van der Waals surface area contributed by atoms with Crippen molar-refractivity contribution in [2.75, 3.05) is 0 Å². The molecule has 0 rings (SSSR count). The van der Waals surface area contributed by atoms with Crippen molar-refractivity contribution in [3.8, 4) is 0 Å². The van der Waals surface area contributed by atoms with Crippen molar-refractivity contribution in [2.24, 2.45) is 0 Å². The number of carbonyl (C=O) groups excluding carboxylic acids is 2. The summed E-state index contributed by atoms with van der Waals surface area (Å²) < 4.78 is 13.2. The maximum Gasteiger partial charge on any atom is 0.511 e. The third-order valence-corrected chi connectivity index (χ3v) is 0.808. The van der Waals surface area contributed by atoms with Gasteiger partial charge in [0, 0.05) is 6.92 Å². The van der Waals surface area contributed by atoms with E-state index in [0.29, 0.717) is 0 Å². The minimum Gasteiger partial charge on any atom is -0.431 e. The van der Waals surface area contributed by atoms with Crippen LogP contribution in [-0.2, 0) is 19.0 Å². The second-order valence-electron chi connectivity index (χ2n) is 2.30. The highest BCUT2D eigenvalue weighted by Crippen LogP contribution is 1.97. The summed E-state index contributed by atoms with van der Waals surface area (Å²) in [6.45, 7) is 5.88. The van der Waals surface area contributed by atoms with E-state index in [1.54, 1.807) is 13.8 Å². The van der Waals surface area contributed by atoms with Crippen LogP contribution in [0.4, 0.5) is 4.79 Å². The molecular weight excluding hydrogens is 164 g/mol. The highest BCUT2D eigenvalue weighted by atomic mass is 16.8. The van der Waals surface area contributed by atoms with E-state index in [1.807, 2.05) is 0 Å². The molecule has 0 aliphatic heterocycles. The molecule has 0 heterocycles. The smallest absolute Gasteiger partial charge is 0.431 e. The van der Waals surface area contributed by atoms with Crippen LogP contribution < -0.4 is 0 Å². The summed E-state index contributed by atoms with van der Waals surface area (Å²) >= 11 is 0. The van der Waals surface area contributed by atoms with E-state index in [2.05, 4.69) is 14.2 Å². The van der Waals surface area contributed by atoms with Gasteiger partial charge in [0.2, 0.25) is 6.29 Å². The standard InChI is InChI=1S/C7H11O5/c1-5(2)11-7(9)12-6(3)10-4-8/h5-6H,1-3H3. The number of ether oxygens (including phenoxy) is 3. The van der Waals surface area contributed by atoms with Gasteiger partial charge in [-0.2, -0.15) is 0 Å². The normalized spacial score (nSPS) is 12.0. The fraction of sp³-hybridized carbons (Fsp3) is 0.714. The van der Waals surface area contributed by atoms with Crippen LogP contribution in [0.3, 0.4) is 0 Å². The first kappa shape index (κ1) is 10.7. The van der Waals surface area contributed by atoms with Crippen LogP contribution in [0.1, 0.15) is 20.8 Å². The van der Waals surface area contributed by atoms with Gasteiger partial charge in [0.15, 0.2) is 0 Å². The van der Waals surface area contributed by atoms with Crippen molar-refractivity contribution in [1.29, 1.82) is 0 Å². The SMILES string of the molecule is CC(C)OC(=O)OC(C)O[C]=O. The van der Waals surface area contributed by atoms with Crippen LogP contribution in [0.5, 0.6) is 0 Å². The molecule has 0 amide bonds. The van der Waals surface area contributed by atoms with Crippen molar-refractivity contribution in [1.82, 2.24) is 0 Å². The molecule has 12 heavy (non-hydrogen) atoms. The zero-order valence-electron chi connectivity index (χ0n) is 7.20. The maximum atomic E-state index is 10.7. The first-order valence-corrected chi connectivity index (χ1v) is 3.46. The summed E-state index contributed by atoms with van der Waals surface area (Å²) in [6.07, 6.45) is -2.09. The average Bonchev–Trinajstić information content (AvgIpc) is 1.84. The minimum atomic E-state index is -0.964. The van der Waals surface area contributed by atoms with Gasteiger partial charge >= 0.3 is 12.6 Å². The van der Waals surface area contributed by atoms with Crippen molar-refractivity contribution in [2.45, 2.75) is 33.2 Å². The molecule has 0 spiro atoms. The molecule has 1 unspecified atom stereocenters. The molecule has 0 saturated heterocycles. The summed E-state index contributed by atoms with van der Waals surface area (Å²) in [5.74, 6) is 0. The van der Waals surface area contributed by atoms with Gasteiger partial charge in [0.05, 0.1) is 6.10 Å². The monoisotopic (exact) mass is 175 g/mol. The Morgan fingerprint density at radius 3 is 2.25 bits per heavy atom. The molecule has 0 aliphatic rings. The quantitative estimate of drug-likeness (QED) is 0.470. The van der Waals surface area contributed by atoms with Crippen molar-refractivity contribution in [3.05, 3.63) is 0 Å². The van der Waals surface area contributed by atoms with Gasteiger partial charge < -0.3 is 14.2 Å². The highest BCUT2D eigenvalue weighted by molar-refractivity contribution is 5.60. The average molecular weight is 175 g/mol. The number of rotatable bonds is 4. The van der Waals surface area contributed by atoms with Crippen molar-refractivity contribution >= 4 is 12.6 Å². The molecular formula is C7H11O5. The van der Waals surface area contributed by atoms with Crippen LogP contribution in [0, 0.1) is 0 Å². The van der Waals surface area contributed by atoms with Crippen LogP contribution in [0.15, 0.2) is 0 Å². The van der Waals surface area contributed by atoms with Crippen LogP contribution in [0.2, 0.25) is 0 Å². The van der Waals surface area contributed by atoms with Gasteiger partial charge in [-0.1, -0.05) is 0 Å². The first-order valence-electron chi connectivity index (χ1n) is 3.46. The largest absolute Gasteiger partial charge is 0.511 e. The maximum absolute atomic E-state index is 10.7. The fourth-order valence-electron chi connectivity index (χ4n) is 0.448. The summed E-state index contributed by atoms with van der Waals surface area (Å²) in [6, 6.07) is 0. The lowest BCUT2D eigenvalue weighted by Crippen LogP contribution is -2.20. The summed E-state index contributed by atoms with van der Waals surface area (Å²) in [5.41, 5.74) is 0. The molecule has 5 nitrogen and oxygen atoms in total. The molecule has 0 aromatic heterocycles. The zero-order valence-corrected chi connectivity index (χ0v) is 7.20. The van der Waals surface area contributed by atoms with E-state index in [9.17, 15) is 9.59 Å². The molecule has 1 atom stereocenters. The topological polar surface area (TPSA) is 61.8 Å². The van der Waals surface area contributed by atoms with Gasteiger partial charge in [-0.05, 0) is 13.8 Å². The number of hydrogen-bond acceptors (Lipinski definition) is 5. The molecule has 0 aliphatic carbocycles. The van der Waals surface area contributed by atoms with E-state index < -0.39 is 12.4 Å².